The Morgan fingerprint density at radius 2 is 1.87 bits per heavy atom. The summed E-state index contributed by atoms with van der Waals surface area (Å²) in [5.41, 5.74) is 2.30. The smallest absolute Gasteiger partial charge is 0.293 e. The van der Waals surface area contributed by atoms with Crippen molar-refractivity contribution in [3.63, 3.8) is 0 Å². The van der Waals surface area contributed by atoms with Crippen LogP contribution in [-0.4, -0.2) is 21.9 Å². The topological polar surface area (TPSA) is 106 Å². The van der Waals surface area contributed by atoms with E-state index in [0.29, 0.717) is 24.7 Å². The lowest BCUT2D eigenvalue weighted by molar-refractivity contribution is -0.384. The van der Waals surface area contributed by atoms with Crippen LogP contribution in [0.4, 0.5) is 11.4 Å². The number of pyridine rings is 1. The number of nitrogens with zero attached hydrogens (tertiary/aromatic N) is 2. The lowest BCUT2D eigenvalue weighted by Crippen LogP contribution is -2.30. The monoisotopic (exact) mass is 420 g/mol. The van der Waals surface area contributed by atoms with Crippen molar-refractivity contribution in [3.8, 4) is 5.88 Å². The van der Waals surface area contributed by atoms with E-state index in [-0.39, 0.29) is 23.2 Å². The minimum Gasteiger partial charge on any atom is -0.473 e. The maximum absolute atomic E-state index is 12.1. The van der Waals surface area contributed by atoms with Gasteiger partial charge >= 0.3 is 0 Å². The maximum atomic E-state index is 12.1. The summed E-state index contributed by atoms with van der Waals surface area (Å²) < 4.78 is 5.73. The molecule has 0 spiro atoms. The molecule has 2 N–H and O–H groups in total. The van der Waals surface area contributed by atoms with Gasteiger partial charge < -0.3 is 15.4 Å². The summed E-state index contributed by atoms with van der Waals surface area (Å²) >= 11 is 0. The Bertz CT molecular complexity index is 1050. The van der Waals surface area contributed by atoms with Crippen LogP contribution in [0.5, 0.6) is 5.88 Å². The number of hydrogen-bond acceptors (Lipinski definition) is 6. The Morgan fingerprint density at radius 1 is 1.10 bits per heavy atom. The predicted molar refractivity (Wildman–Crippen MR) is 118 cm³/mol. The normalized spacial score (nSPS) is 10.5. The molecule has 0 saturated heterocycles. The minimum atomic E-state index is -0.505. The third-order valence-corrected chi connectivity index (χ3v) is 4.39. The molecular formula is C23H24N4O4. The lowest BCUT2D eigenvalue weighted by Gasteiger charge is -2.11. The van der Waals surface area contributed by atoms with Crippen molar-refractivity contribution in [2.45, 2.75) is 33.0 Å². The average Bonchev–Trinajstić information content (AvgIpc) is 2.76. The minimum absolute atomic E-state index is 0.0608. The molecule has 0 fully saturated rings. The highest BCUT2D eigenvalue weighted by Gasteiger charge is 2.18. The van der Waals surface area contributed by atoms with Crippen LogP contribution in [0.25, 0.3) is 0 Å². The first-order valence-corrected chi connectivity index (χ1v) is 9.87. The number of carbonyl (C=O) groups excluding carboxylic acids is 1. The van der Waals surface area contributed by atoms with Gasteiger partial charge in [-0.05, 0) is 43.2 Å². The summed E-state index contributed by atoms with van der Waals surface area (Å²) in [6.07, 6.45) is 1.63. The zero-order valence-electron chi connectivity index (χ0n) is 17.4. The first-order valence-electron chi connectivity index (χ1n) is 9.87. The van der Waals surface area contributed by atoms with E-state index in [0.717, 1.165) is 11.1 Å². The number of aromatic nitrogens is 1. The molecule has 0 aliphatic carbocycles. The average molecular weight is 420 g/mol. The molecule has 0 atom stereocenters. The number of ether oxygens (including phenoxy) is 1. The Kier molecular flexibility index (Phi) is 7.16. The van der Waals surface area contributed by atoms with E-state index < -0.39 is 4.92 Å². The van der Waals surface area contributed by atoms with Crippen LogP contribution in [0.1, 0.15) is 35.3 Å². The molecule has 160 valence electrons. The van der Waals surface area contributed by atoms with E-state index in [1.807, 2.05) is 44.2 Å². The number of benzene rings is 2. The second kappa shape index (κ2) is 10.2. The number of carbonyl (C=O) groups is 1. The Labute approximate surface area is 180 Å². The van der Waals surface area contributed by atoms with Crippen LogP contribution in [0.3, 0.4) is 0 Å². The molecule has 1 amide bonds. The molecule has 0 saturated carbocycles. The van der Waals surface area contributed by atoms with Crippen molar-refractivity contribution < 1.29 is 14.5 Å². The maximum Gasteiger partial charge on any atom is 0.293 e. The van der Waals surface area contributed by atoms with Crippen LogP contribution >= 0.6 is 0 Å². The highest BCUT2D eigenvalue weighted by Crippen LogP contribution is 2.26. The summed E-state index contributed by atoms with van der Waals surface area (Å²) in [7, 11) is 0. The van der Waals surface area contributed by atoms with Gasteiger partial charge in [-0.15, -0.1) is 0 Å². The highest BCUT2D eigenvalue weighted by molar-refractivity contribution is 5.95. The zero-order valence-corrected chi connectivity index (χ0v) is 17.4. The van der Waals surface area contributed by atoms with Gasteiger partial charge in [0.25, 0.3) is 11.6 Å². The fraction of sp³-hybridized carbons (Fsp3) is 0.217. The van der Waals surface area contributed by atoms with Crippen LogP contribution < -0.4 is 15.4 Å². The molecule has 3 rings (SSSR count). The number of anilines is 1. The van der Waals surface area contributed by atoms with Crippen molar-refractivity contribution in [1.82, 2.24) is 10.3 Å². The zero-order chi connectivity index (χ0) is 22.2. The van der Waals surface area contributed by atoms with Crippen LogP contribution in [-0.2, 0) is 13.2 Å². The van der Waals surface area contributed by atoms with E-state index in [1.54, 1.807) is 30.5 Å². The second-order valence-corrected chi connectivity index (χ2v) is 7.25. The molecule has 0 aliphatic rings. The number of hydrogen-bond donors (Lipinski definition) is 2. The summed E-state index contributed by atoms with van der Waals surface area (Å²) in [6.45, 7) is 4.39. The van der Waals surface area contributed by atoms with Gasteiger partial charge in [-0.2, -0.15) is 0 Å². The van der Waals surface area contributed by atoms with E-state index >= 15 is 0 Å². The molecular weight excluding hydrogens is 396 g/mol. The van der Waals surface area contributed by atoms with Crippen LogP contribution in [0.2, 0.25) is 0 Å². The van der Waals surface area contributed by atoms with E-state index in [9.17, 15) is 14.9 Å². The van der Waals surface area contributed by atoms with Crippen molar-refractivity contribution in [2.75, 3.05) is 5.32 Å². The highest BCUT2D eigenvalue weighted by atomic mass is 16.6. The molecule has 0 aliphatic heterocycles. The van der Waals surface area contributed by atoms with Gasteiger partial charge in [0.15, 0.2) is 0 Å². The van der Waals surface area contributed by atoms with E-state index in [2.05, 4.69) is 15.6 Å². The number of amides is 1. The van der Waals surface area contributed by atoms with E-state index in [1.165, 1.54) is 6.07 Å². The third-order valence-electron chi connectivity index (χ3n) is 4.39. The van der Waals surface area contributed by atoms with Crippen LogP contribution in [0.15, 0.2) is 66.9 Å². The number of nitro groups is 1. The summed E-state index contributed by atoms with van der Waals surface area (Å²) in [4.78, 5) is 27.4. The molecule has 31 heavy (non-hydrogen) atoms. The molecule has 1 heterocycles. The van der Waals surface area contributed by atoms with Crippen molar-refractivity contribution in [1.29, 1.82) is 0 Å². The van der Waals surface area contributed by atoms with Gasteiger partial charge in [0.1, 0.15) is 12.3 Å². The van der Waals surface area contributed by atoms with Crippen LogP contribution in [0, 0.1) is 10.1 Å². The van der Waals surface area contributed by atoms with Gasteiger partial charge in [0.05, 0.1) is 4.92 Å². The van der Waals surface area contributed by atoms with Crippen molar-refractivity contribution in [3.05, 3.63) is 93.7 Å². The number of nitro benzene ring substituents is 1. The van der Waals surface area contributed by atoms with Gasteiger partial charge in [0, 0.05) is 36.5 Å². The number of nitrogens with one attached hydrogen (secondary N) is 2. The first kappa shape index (κ1) is 21.8. The Hall–Kier alpha value is -3.94. The molecule has 0 unspecified atom stereocenters. The molecule has 8 nitrogen and oxygen atoms in total. The fourth-order valence-corrected chi connectivity index (χ4v) is 2.89. The predicted octanol–water partition coefficient (Wildman–Crippen LogP) is 4.32. The summed E-state index contributed by atoms with van der Waals surface area (Å²) in [5, 5.41) is 17.3. The summed E-state index contributed by atoms with van der Waals surface area (Å²) in [6, 6.07) is 17.7. The van der Waals surface area contributed by atoms with Crippen molar-refractivity contribution >= 4 is 17.3 Å². The van der Waals surface area contributed by atoms with Gasteiger partial charge in [0.2, 0.25) is 5.88 Å². The standard InChI is InChI=1S/C23H24N4O4/c1-16(2)26-23(28)19-8-9-20(21(13-19)27(29)30)25-14-18-10-11-24-22(12-18)31-15-17-6-4-3-5-7-17/h3-13,16,25H,14-15H2,1-2H3,(H,26,28). The number of rotatable bonds is 9. The van der Waals surface area contributed by atoms with Gasteiger partial charge in [-0.25, -0.2) is 4.98 Å². The fourth-order valence-electron chi connectivity index (χ4n) is 2.89. The quantitative estimate of drug-likeness (QED) is 0.394. The molecule has 0 bridgehead atoms. The molecule has 1 aromatic heterocycles. The molecule has 8 heteroatoms. The molecule has 0 radical (unpaired) electrons. The summed E-state index contributed by atoms with van der Waals surface area (Å²) in [5.74, 6) is 0.123. The van der Waals surface area contributed by atoms with E-state index in [4.69, 9.17) is 4.74 Å². The van der Waals surface area contributed by atoms with Crippen molar-refractivity contribution in [2.24, 2.45) is 0 Å². The Balaban J connectivity index is 1.67. The SMILES string of the molecule is CC(C)NC(=O)c1ccc(NCc2ccnc(OCc3ccccc3)c2)c([N+](=O)[O-])c1. The second-order valence-electron chi connectivity index (χ2n) is 7.25. The third kappa shape index (κ3) is 6.27. The first-order chi connectivity index (χ1) is 14.9. The molecule has 2 aromatic carbocycles. The Morgan fingerprint density at radius 3 is 2.58 bits per heavy atom. The largest absolute Gasteiger partial charge is 0.473 e. The molecule has 3 aromatic rings. The van der Waals surface area contributed by atoms with Gasteiger partial charge in [-0.1, -0.05) is 30.3 Å². The van der Waals surface area contributed by atoms with Gasteiger partial charge in [-0.3, -0.25) is 14.9 Å². The lowest BCUT2D eigenvalue weighted by atomic mass is 10.1.